The lowest BCUT2D eigenvalue weighted by Gasteiger charge is -2.30. The van der Waals surface area contributed by atoms with Crippen LogP contribution >= 0.6 is 0 Å². The summed E-state index contributed by atoms with van der Waals surface area (Å²) in [5, 5.41) is 0. The van der Waals surface area contributed by atoms with Crippen LogP contribution in [-0.4, -0.2) is 27.1 Å². The summed E-state index contributed by atoms with van der Waals surface area (Å²) in [6.07, 6.45) is 0. The second kappa shape index (κ2) is 2.64. The van der Waals surface area contributed by atoms with Gasteiger partial charge in [-0.2, -0.15) is 0 Å². The maximum Gasteiger partial charge on any atom is 0.0790 e. The molecule has 8 heavy (non-hydrogen) atoms. The molecular formula is C6H17NSi. The molecule has 0 aromatic carbocycles. The van der Waals surface area contributed by atoms with Gasteiger partial charge in [-0.3, -0.25) is 0 Å². The molecule has 0 aliphatic heterocycles. The van der Waals surface area contributed by atoms with Crippen LogP contribution in [0.1, 0.15) is 27.7 Å². The molecule has 0 atom stereocenters. The molecular weight excluding hydrogens is 114 g/mol. The third-order valence-electron chi connectivity index (χ3n) is 1.62. The van der Waals surface area contributed by atoms with Gasteiger partial charge in [0.15, 0.2) is 0 Å². The fraction of sp³-hybridized carbons (Fsp3) is 1.00. The lowest BCUT2D eigenvalue weighted by molar-refractivity contribution is 0.272. The number of hydrogen-bond donors (Lipinski definition) is 0. The monoisotopic (exact) mass is 131 g/mol. The van der Waals surface area contributed by atoms with Crippen molar-refractivity contribution >= 4 is 10.4 Å². The van der Waals surface area contributed by atoms with E-state index in [1.165, 1.54) is 16.9 Å². The largest absolute Gasteiger partial charge is 0.328 e. The van der Waals surface area contributed by atoms with E-state index in [1.807, 2.05) is 0 Å². The summed E-state index contributed by atoms with van der Waals surface area (Å²) in [6, 6.07) is 0. The highest BCUT2D eigenvalue weighted by molar-refractivity contribution is 6.04. The molecule has 0 aromatic rings. The normalized spacial score (nSPS) is 13.1. The van der Waals surface area contributed by atoms with E-state index >= 15 is 0 Å². The SMILES string of the molecule is CCN([SiH3])C(C)(C)C. The molecule has 0 aromatic heterocycles. The molecule has 0 bridgehead atoms. The predicted octanol–water partition coefficient (Wildman–Crippen LogP) is 0.387. The van der Waals surface area contributed by atoms with Crippen LogP contribution in [0, 0.1) is 0 Å². The average Bonchev–Trinajstić information content (AvgIpc) is 1.62. The Hall–Kier alpha value is 0.177. The molecule has 0 unspecified atom stereocenters. The highest BCUT2D eigenvalue weighted by atomic mass is 28.2. The third kappa shape index (κ3) is 2.48. The first-order valence-corrected chi connectivity index (χ1v) is 4.09. The summed E-state index contributed by atoms with van der Waals surface area (Å²) in [4.78, 5) is 0. The summed E-state index contributed by atoms with van der Waals surface area (Å²) < 4.78 is 2.45. The topological polar surface area (TPSA) is 3.24 Å². The Bertz CT molecular complexity index is 65.4. The number of hydrogen-bond acceptors (Lipinski definition) is 1. The van der Waals surface area contributed by atoms with E-state index in [9.17, 15) is 0 Å². The van der Waals surface area contributed by atoms with E-state index in [-0.39, 0.29) is 0 Å². The maximum absolute atomic E-state index is 2.45. The van der Waals surface area contributed by atoms with Gasteiger partial charge < -0.3 is 4.57 Å². The third-order valence-corrected chi connectivity index (χ3v) is 3.59. The molecule has 0 saturated heterocycles. The second-order valence-electron chi connectivity index (χ2n) is 3.18. The molecule has 2 heteroatoms. The highest BCUT2D eigenvalue weighted by Crippen LogP contribution is 2.07. The number of rotatable bonds is 1. The zero-order chi connectivity index (χ0) is 6.78. The van der Waals surface area contributed by atoms with E-state index < -0.39 is 0 Å². The summed E-state index contributed by atoms with van der Waals surface area (Å²) in [5.74, 6) is 0. The van der Waals surface area contributed by atoms with E-state index in [0.717, 1.165) is 0 Å². The van der Waals surface area contributed by atoms with Crippen LogP contribution in [-0.2, 0) is 0 Å². The van der Waals surface area contributed by atoms with Crippen LogP contribution in [0.15, 0.2) is 0 Å². The van der Waals surface area contributed by atoms with E-state index in [1.54, 1.807) is 0 Å². The summed E-state index contributed by atoms with van der Waals surface area (Å²) in [5.41, 5.74) is 0.404. The molecule has 0 saturated carbocycles. The molecule has 0 aliphatic rings. The first kappa shape index (κ1) is 8.18. The zero-order valence-corrected chi connectivity index (χ0v) is 8.65. The van der Waals surface area contributed by atoms with Crippen LogP contribution in [0.2, 0.25) is 0 Å². The molecule has 0 amide bonds. The van der Waals surface area contributed by atoms with Crippen molar-refractivity contribution in [2.45, 2.75) is 33.2 Å². The van der Waals surface area contributed by atoms with Crippen LogP contribution < -0.4 is 0 Å². The van der Waals surface area contributed by atoms with Crippen LogP contribution in [0.5, 0.6) is 0 Å². The molecule has 0 fully saturated rings. The first-order chi connectivity index (χ1) is 3.48. The Balaban J connectivity index is 3.62. The number of nitrogens with zero attached hydrogens (tertiary/aromatic N) is 1. The van der Waals surface area contributed by atoms with Gasteiger partial charge >= 0.3 is 0 Å². The molecule has 0 radical (unpaired) electrons. The van der Waals surface area contributed by atoms with Gasteiger partial charge in [-0.25, -0.2) is 0 Å². The van der Waals surface area contributed by atoms with Crippen molar-refractivity contribution in [3.63, 3.8) is 0 Å². The minimum Gasteiger partial charge on any atom is -0.328 e. The van der Waals surface area contributed by atoms with Crippen molar-refractivity contribution in [3.8, 4) is 0 Å². The maximum atomic E-state index is 2.45. The van der Waals surface area contributed by atoms with E-state index in [0.29, 0.717) is 5.54 Å². The smallest absolute Gasteiger partial charge is 0.0790 e. The Morgan fingerprint density at radius 1 is 1.38 bits per heavy atom. The van der Waals surface area contributed by atoms with Gasteiger partial charge in [0.25, 0.3) is 0 Å². The Kier molecular flexibility index (Phi) is 2.70. The molecule has 0 aliphatic carbocycles. The van der Waals surface area contributed by atoms with Gasteiger partial charge in [0.2, 0.25) is 0 Å². The Morgan fingerprint density at radius 3 is 1.75 bits per heavy atom. The van der Waals surface area contributed by atoms with Crippen LogP contribution in [0.25, 0.3) is 0 Å². The zero-order valence-electron chi connectivity index (χ0n) is 6.65. The molecule has 50 valence electrons. The van der Waals surface area contributed by atoms with Crippen LogP contribution in [0.4, 0.5) is 0 Å². The second-order valence-corrected chi connectivity index (χ2v) is 4.26. The molecule has 1 nitrogen and oxygen atoms in total. The van der Waals surface area contributed by atoms with Gasteiger partial charge in [0.1, 0.15) is 0 Å². The fourth-order valence-electron chi connectivity index (χ4n) is 0.474. The predicted molar refractivity (Wildman–Crippen MR) is 42.1 cm³/mol. The van der Waals surface area contributed by atoms with Crippen molar-refractivity contribution < 1.29 is 0 Å². The van der Waals surface area contributed by atoms with Crippen molar-refractivity contribution in [2.24, 2.45) is 0 Å². The molecule has 0 heterocycles. The van der Waals surface area contributed by atoms with Gasteiger partial charge in [-0.1, -0.05) is 6.92 Å². The first-order valence-electron chi connectivity index (χ1n) is 3.19. The fourth-order valence-corrected chi connectivity index (χ4v) is 0.474. The van der Waals surface area contributed by atoms with E-state index in [4.69, 9.17) is 0 Å². The van der Waals surface area contributed by atoms with Crippen molar-refractivity contribution in [3.05, 3.63) is 0 Å². The van der Waals surface area contributed by atoms with Gasteiger partial charge in [-0.15, -0.1) is 0 Å². The minimum absolute atomic E-state index is 0.404. The van der Waals surface area contributed by atoms with Gasteiger partial charge in [-0.05, 0) is 27.3 Å². The molecule has 0 spiro atoms. The van der Waals surface area contributed by atoms with Crippen molar-refractivity contribution in [1.29, 1.82) is 0 Å². The average molecular weight is 131 g/mol. The van der Waals surface area contributed by atoms with Gasteiger partial charge in [0, 0.05) is 5.54 Å². The van der Waals surface area contributed by atoms with Crippen molar-refractivity contribution in [2.75, 3.05) is 6.54 Å². The minimum atomic E-state index is 0.404. The highest BCUT2D eigenvalue weighted by Gasteiger charge is 2.13. The quantitative estimate of drug-likeness (QED) is 0.465. The molecule has 0 N–H and O–H groups in total. The van der Waals surface area contributed by atoms with E-state index in [2.05, 4.69) is 32.3 Å². The van der Waals surface area contributed by atoms with Crippen LogP contribution in [0.3, 0.4) is 0 Å². The van der Waals surface area contributed by atoms with Crippen molar-refractivity contribution in [1.82, 2.24) is 4.57 Å². The molecule has 0 rings (SSSR count). The lowest BCUT2D eigenvalue weighted by Crippen LogP contribution is -2.38. The lowest BCUT2D eigenvalue weighted by atomic mass is 10.1. The summed E-state index contributed by atoms with van der Waals surface area (Å²) in [6.45, 7) is 10.2. The standard InChI is InChI=1S/C6H17NSi/c1-5-7(8)6(2,3)4/h5H2,1-4,8H3. The summed E-state index contributed by atoms with van der Waals surface area (Å²) >= 11 is 0. The Labute approximate surface area is 55.6 Å². The summed E-state index contributed by atoms with van der Waals surface area (Å²) in [7, 11) is 1.18. The van der Waals surface area contributed by atoms with Gasteiger partial charge in [0.05, 0.1) is 10.4 Å². The Morgan fingerprint density at radius 2 is 1.75 bits per heavy atom.